The summed E-state index contributed by atoms with van der Waals surface area (Å²) in [5.74, 6) is -0.701. The molecule has 0 spiro atoms. The van der Waals surface area contributed by atoms with Crippen LogP contribution in [0.3, 0.4) is 0 Å². The predicted molar refractivity (Wildman–Crippen MR) is 113 cm³/mol. The van der Waals surface area contributed by atoms with Crippen LogP contribution in [0.25, 0.3) is 22.3 Å². The molecule has 4 heterocycles. The Morgan fingerprint density at radius 1 is 1.17 bits per heavy atom. The molecular weight excluding hydrogens is 380 g/mol. The second-order valence-corrected chi connectivity index (χ2v) is 8.04. The number of pyridine rings is 2. The molecule has 1 aromatic carbocycles. The smallest absolute Gasteiger partial charge is 0.343 e. The van der Waals surface area contributed by atoms with Crippen molar-refractivity contribution in [3.8, 4) is 11.4 Å². The Labute approximate surface area is 174 Å². The first-order valence-electron chi connectivity index (χ1n) is 10.5. The number of benzene rings is 1. The normalized spacial score (nSPS) is 19.4. The van der Waals surface area contributed by atoms with Crippen LogP contribution in [0.2, 0.25) is 0 Å². The molecule has 0 radical (unpaired) electrons. The van der Waals surface area contributed by atoms with Gasteiger partial charge in [-0.2, -0.15) is 0 Å². The maximum Gasteiger partial charge on any atom is 0.343 e. The first-order chi connectivity index (χ1) is 14.4. The van der Waals surface area contributed by atoms with E-state index < -0.39 is 11.6 Å². The summed E-state index contributed by atoms with van der Waals surface area (Å²) in [7, 11) is 0. The fraction of sp³-hybridized carbons (Fsp3) is 0.375. The molecule has 2 aliphatic heterocycles. The van der Waals surface area contributed by atoms with Gasteiger partial charge >= 0.3 is 5.97 Å². The molecule has 6 nitrogen and oxygen atoms in total. The van der Waals surface area contributed by atoms with Crippen molar-refractivity contribution in [3.05, 3.63) is 62.4 Å². The predicted octanol–water partition coefficient (Wildman–Crippen LogP) is 3.20. The molecule has 2 aromatic heterocycles. The van der Waals surface area contributed by atoms with Gasteiger partial charge in [0, 0.05) is 16.5 Å². The summed E-state index contributed by atoms with van der Waals surface area (Å²) < 4.78 is 6.85. The Balaban J connectivity index is 1.84. The minimum Gasteiger partial charge on any atom is -0.458 e. The highest BCUT2D eigenvalue weighted by Gasteiger charge is 2.45. The Morgan fingerprint density at radius 3 is 2.67 bits per heavy atom. The van der Waals surface area contributed by atoms with Crippen LogP contribution >= 0.6 is 0 Å². The average Bonchev–Trinajstić information content (AvgIpc) is 3.13. The molecule has 5 rings (SSSR count). The van der Waals surface area contributed by atoms with E-state index in [-0.39, 0.29) is 18.6 Å². The Bertz CT molecular complexity index is 1290. The third-order valence-corrected chi connectivity index (χ3v) is 6.65. The van der Waals surface area contributed by atoms with Gasteiger partial charge in [-0.3, -0.25) is 4.79 Å². The minimum atomic E-state index is -1.80. The number of nitrogens with zero attached hydrogens (tertiary/aromatic N) is 2. The number of aliphatic hydroxyl groups is 1. The standard InChI is InChI=1S/C24H24N2O4/c1-4-13-8-7-9-18-20(13)14(5-2)15-11-26-19(21(15)25-18)10-17-16(22(26)27)12-30-23(28)24(17,29)6-3/h7-10,29H,4-6,11-12H2,1-3H3. The van der Waals surface area contributed by atoms with Crippen molar-refractivity contribution in [2.24, 2.45) is 0 Å². The van der Waals surface area contributed by atoms with Crippen molar-refractivity contribution in [1.82, 2.24) is 9.55 Å². The Hall–Kier alpha value is -2.99. The fourth-order valence-electron chi connectivity index (χ4n) is 4.99. The lowest BCUT2D eigenvalue weighted by molar-refractivity contribution is -0.172. The largest absolute Gasteiger partial charge is 0.458 e. The maximum absolute atomic E-state index is 13.3. The van der Waals surface area contributed by atoms with Crippen molar-refractivity contribution in [3.63, 3.8) is 0 Å². The molecule has 3 aromatic rings. The molecule has 154 valence electrons. The van der Waals surface area contributed by atoms with Gasteiger partial charge in [0.1, 0.15) is 6.61 Å². The molecule has 0 saturated heterocycles. The van der Waals surface area contributed by atoms with Crippen LogP contribution in [0.4, 0.5) is 0 Å². The van der Waals surface area contributed by atoms with Crippen LogP contribution in [0, 0.1) is 0 Å². The van der Waals surface area contributed by atoms with E-state index in [2.05, 4.69) is 19.9 Å². The van der Waals surface area contributed by atoms with E-state index in [1.807, 2.05) is 12.1 Å². The summed E-state index contributed by atoms with van der Waals surface area (Å²) in [6, 6.07) is 7.93. The van der Waals surface area contributed by atoms with E-state index in [0.717, 1.165) is 29.6 Å². The number of ether oxygens (including phenoxy) is 1. The number of aromatic nitrogens is 2. The van der Waals surface area contributed by atoms with Gasteiger partial charge in [0.2, 0.25) is 0 Å². The first kappa shape index (κ1) is 19.0. The van der Waals surface area contributed by atoms with E-state index in [4.69, 9.17) is 9.72 Å². The van der Waals surface area contributed by atoms with E-state index in [1.165, 1.54) is 16.5 Å². The molecule has 1 atom stereocenters. The van der Waals surface area contributed by atoms with Gasteiger partial charge in [0.25, 0.3) is 5.56 Å². The van der Waals surface area contributed by atoms with E-state index >= 15 is 0 Å². The third kappa shape index (κ3) is 2.31. The third-order valence-electron chi connectivity index (χ3n) is 6.65. The molecule has 6 heteroatoms. The number of aryl methyl sites for hydroxylation is 2. The fourth-order valence-corrected chi connectivity index (χ4v) is 4.99. The lowest BCUT2D eigenvalue weighted by atomic mass is 9.86. The van der Waals surface area contributed by atoms with E-state index in [0.29, 0.717) is 23.4 Å². The van der Waals surface area contributed by atoms with Crippen molar-refractivity contribution in [1.29, 1.82) is 0 Å². The molecule has 1 N–H and O–H groups in total. The van der Waals surface area contributed by atoms with Gasteiger partial charge in [-0.05, 0) is 42.5 Å². The first-order valence-corrected chi connectivity index (χ1v) is 10.5. The molecule has 0 aliphatic carbocycles. The lowest BCUT2D eigenvalue weighted by Gasteiger charge is -2.31. The van der Waals surface area contributed by atoms with Crippen LogP contribution in [0.5, 0.6) is 0 Å². The number of carbonyl (C=O) groups is 1. The van der Waals surface area contributed by atoms with Crippen molar-refractivity contribution < 1.29 is 14.6 Å². The zero-order chi connectivity index (χ0) is 21.2. The molecule has 30 heavy (non-hydrogen) atoms. The Kier molecular flexibility index (Phi) is 4.12. The van der Waals surface area contributed by atoms with Crippen molar-refractivity contribution in [2.75, 3.05) is 0 Å². The molecular formula is C24H24N2O4. The number of hydrogen-bond acceptors (Lipinski definition) is 5. The van der Waals surface area contributed by atoms with Crippen LogP contribution in [-0.4, -0.2) is 20.6 Å². The maximum atomic E-state index is 13.3. The highest BCUT2D eigenvalue weighted by Crippen LogP contribution is 2.40. The topological polar surface area (TPSA) is 81.4 Å². The summed E-state index contributed by atoms with van der Waals surface area (Å²) in [6.45, 7) is 6.31. The van der Waals surface area contributed by atoms with Gasteiger partial charge in [-0.25, -0.2) is 9.78 Å². The minimum absolute atomic E-state index is 0.109. The number of carbonyl (C=O) groups excluding carboxylic acids is 1. The van der Waals surface area contributed by atoms with Crippen LogP contribution in [0.1, 0.15) is 55.0 Å². The van der Waals surface area contributed by atoms with Crippen LogP contribution in [0.15, 0.2) is 29.1 Å². The van der Waals surface area contributed by atoms with Gasteiger partial charge in [0.05, 0.1) is 29.0 Å². The number of esters is 1. The second kappa shape index (κ2) is 6.51. The zero-order valence-corrected chi connectivity index (χ0v) is 17.4. The SMILES string of the molecule is CCc1cccc2nc3c(c(CC)c12)Cn1c-3cc2c(c1=O)COC(=O)C2(O)CC. The number of cyclic esters (lactones) is 1. The molecule has 0 fully saturated rings. The van der Waals surface area contributed by atoms with Crippen molar-refractivity contribution >= 4 is 16.9 Å². The highest BCUT2D eigenvalue weighted by molar-refractivity contribution is 5.91. The number of hydrogen-bond donors (Lipinski definition) is 1. The van der Waals surface area contributed by atoms with Crippen LogP contribution < -0.4 is 5.56 Å². The number of rotatable bonds is 3. The molecule has 0 bridgehead atoms. The second-order valence-electron chi connectivity index (χ2n) is 8.04. The van der Waals surface area contributed by atoms with Gasteiger partial charge in [-0.1, -0.05) is 32.9 Å². The van der Waals surface area contributed by atoms with E-state index in [9.17, 15) is 14.7 Å². The summed E-state index contributed by atoms with van der Waals surface area (Å²) in [6.07, 6.45) is 1.89. The number of fused-ring (bicyclic) bond motifs is 5. The summed E-state index contributed by atoms with van der Waals surface area (Å²) in [4.78, 5) is 30.6. The van der Waals surface area contributed by atoms with E-state index in [1.54, 1.807) is 17.6 Å². The highest BCUT2D eigenvalue weighted by atomic mass is 16.6. The quantitative estimate of drug-likeness (QED) is 0.531. The molecule has 0 amide bonds. The monoisotopic (exact) mass is 404 g/mol. The molecule has 2 aliphatic rings. The van der Waals surface area contributed by atoms with Gasteiger partial charge in [0.15, 0.2) is 5.60 Å². The average molecular weight is 404 g/mol. The lowest BCUT2D eigenvalue weighted by Crippen LogP contribution is -2.44. The summed E-state index contributed by atoms with van der Waals surface area (Å²) >= 11 is 0. The summed E-state index contributed by atoms with van der Waals surface area (Å²) in [5.41, 5.74) is 4.55. The molecule has 1 unspecified atom stereocenters. The summed E-state index contributed by atoms with van der Waals surface area (Å²) in [5, 5.41) is 12.2. The zero-order valence-electron chi connectivity index (χ0n) is 17.4. The van der Waals surface area contributed by atoms with Gasteiger partial charge in [-0.15, -0.1) is 0 Å². The van der Waals surface area contributed by atoms with Crippen molar-refractivity contribution in [2.45, 2.75) is 58.8 Å². The molecule has 0 saturated carbocycles. The Morgan fingerprint density at radius 2 is 1.97 bits per heavy atom. The van der Waals surface area contributed by atoms with Crippen LogP contribution in [-0.2, 0) is 41.1 Å². The van der Waals surface area contributed by atoms with Gasteiger partial charge < -0.3 is 14.4 Å².